The molecule has 0 aromatic rings. The Labute approximate surface area is 88.0 Å². The molecule has 0 aliphatic carbocycles. The van der Waals surface area contributed by atoms with Crippen LogP contribution in [0.4, 0.5) is 0 Å². The van der Waals surface area contributed by atoms with Crippen molar-refractivity contribution in [3.8, 4) is 0 Å². The van der Waals surface area contributed by atoms with Crippen LogP contribution in [0.3, 0.4) is 0 Å². The van der Waals surface area contributed by atoms with Gasteiger partial charge >= 0.3 is 5.97 Å². The summed E-state index contributed by atoms with van der Waals surface area (Å²) >= 11 is 0. The Balaban J connectivity index is 4.52. The fraction of sp³-hybridized carbons (Fsp3) is 0.917. The molecule has 0 radical (unpaired) electrons. The summed E-state index contributed by atoms with van der Waals surface area (Å²) in [6, 6.07) is 0. The quantitative estimate of drug-likeness (QED) is 0.651. The van der Waals surface area contributed by atoms with Crippen LogP contribution in [0.2, 0.25) is 0 Å². The lowest BCUT2D eigenvalue weighted by molar-refractivity contribution is -0.161. The molecule has 84 valence electrons. The van der Waals surface area contributed by atoms with Crippen molar-refractivity contribution in [1.29, 1.82) is 0 Å². The fourth-order valence-corrected chi connectivity index (χ4v) is 1.39. The van der Waals surface area contributed by atoms with Crippen molar-refractivity contribution >= 4 is 5.97 Å². The molecule has 2 heteroatoms. The molecule has 2 nitrogen and oxygen atoms in total. The Bertz CT molecular complexity index is 192. The Morgan fingerprint density at radius 1 is 1.07 bits per heavy atom. The number of hydrogen-bond acceptors (Lipinski definition) is 2. The number of ether oxygens (including phenoxy) is 1. The van der Waals surface area contributed by atoms with Crippen LogP contribution in [0.15, 0.2) is 0 Å². The van der Waals surface area contributed by atoms with Crippen LogP contribution in [0, 0.1) is 17.3 Å². The van der Waals surface area contributed by atoms with Gasteiger partial charge in [0.05, 0.1) is 11.5 Å². The SMILES string of the molecule is CC(C)OC(=O)C(C)(C)C(C)C(C)C. The second kappa shape index (κ2) is 4.81. The highest BCUT2D eigenvalue weighted by atomic mass is 16.5. The number of rotatable bonds is 4. The van der Waals surface area contributed by atoms with Crippen LogP contribution in [0.1, 0.15) is 48.5 Å². The highest BCUT2D eigenvalue weighted by molar-refractivity contribution is 5.76. The summed E-state index contributed by atoms with van der Waals surface area (Å²) in [6.45, 7) is 14.1. The number of esters is 1. The van der Waals surface area contributed by atoms with Crippen LogP contribution in [-0.4, -0.2) is 12.1 Å². The monoisotopic (exact) mass is 200 g/mol. The molecule has 0 bridgehead atoms. The minimum Gasteiger partial charge on any atom is -0.463 e. The van der Waals surface area contributed by atoms with Gasteiger partial charge in [-0.2, -0.15) is 0 Å². The second-order valence-electron chi connectivity index (χ2n) is 5.21. The van der Waals surface area contributed by atoms with Crippen LogP contribution in [0.5, 0.6) is 0 Å². The van der Waals surface area contributed by atoms with Crippen molar-refractivity contribution < 1.29 is 9.53 Å². The summed E-state index contributed by atoms with van der Waals surface area (Å²) in [5.74, 6) is 0.729. The first-order valence-corrected chi connectivity index (χ1v) is 5.40. The van der Waals surface area contributed by atoms with Gasteiger partial charge in [0.1, 0.15) is 0 Å². The smallest absolute Gasteiger partial charge is 0.312 e. The third-order valence-electron chi connectivity index (χ3n) is 3.01. The van der Waals surface area contributed by atoms with E-state index in [4.69, 9.17) is 4.74 Å². The summed E-state index contributed by atoms with van der Waals surface area (Å²) in [5, 5.41) is 0. The Morgan fingerprint density at radius 2 is 1.50 bits per heavy atom. The predicted molar refractivity (Wildman–Crippen MR) is 59.0 cm³/mol. The topological polar surface area (TPSA) is 26.3 Å². The van der Waals surface area contributed by atoms with Gasteiger partial charge in [0.15, 0.2) is 0 Å². The average molecular weight is 200 g/mol. The zero-order chi connectivity index (χ0) is 11.5. The van der Waals surface area contributed by atoms with Crippen LogP contribution in [0.25, 0.3) is 0 Å². The van der Waals surface area contributed by atoms with Gasteiger partial charge in [-0.1, -0.05) is 20.8 Å². The Kier molecular flexibility index (Phi) is 4.63. The van der Waals surface area contributed by atoms with E-state index in [0.717, 1.165) is 0 Å². The molecule has 0 amide bonds. The number of carbonyl (C=O) groups excluding carboxylic acids is 1. The first-order chi connectivity index (χ1) is 6.19. The summed E-state index contributed by atoms with van der Waals surface area (Å²) < 4.78 is 5.25. The fourth-order valence-electron chi connectivity index (χ4n) is 1.39. The predicted octanol–water partition coefficient (Wildman–Crippen LogP) is 3.26. The van der Waals surface area contributed by atoms with E-state index in [1.54, 1.807) is 0 Å². The van der Waals surface area contributed by atoms with Gasteiger partial charge < -0.3 is 4.74 Å². The zero-order valence-electron chi connectivity index (χ0n) is 10.5. The summed E-state index contributed by atoms with van der Waals surface area (Å²) in [6.07, 6.45) is -0.0267. The molecule has 0 rings (SSSR count). The van der Waals surface area contributed by atoms with E-state index < -0.39 is 5.41 Å². The van der Waals surface area contributed by atoms with E-state index in [-0.39, 0.29) is 12.1 Å². The van der Waals surface area contributed by atoms with E-state index in [2.05, 4.69) is 20.8 Å². The van der Waals surface area contributed by atoms with E-state index in [1.807, 2.05) is 27.7 Å². The molecule has 0 aromatic heterocycles. The van der Waals surface area contributed by atoms with Crippen LogP contribution >= 0.6 is 0 Å². The third kappa shape index (κ3) is 3.32. The third-order valence-corrected chi connectivity index (χ3v) is 3.01. The highest BCUT2D eigenvalue weighted by Crippen LogP contribution is 2.33. The summed E-state index contributed by atoms with van der Waals surface area (Å²) in [4.78, 5) is 11.8. The van der Waals surface area contributed by atoms with Gasteiger partial charge in [0.2, 0.25) is 0 Å². The number of carbonyl (C=O) groups is 1. The van der Waals surface area contributed by atoms with E-state index >= 15 is 0 Å². The van der Waals surface area contributed by atoms with E-state index in [0.29, 0.717) is 11.8 Å². The molecule has 0 saturated heterocycles. The van der Waals surface area contributed by atoms with Crippen molar-refractivity contribution in [3.63, 3.8) is 0 Å². The molecule has 0 heterocycles. The number of hydrogen-bond donors (Lipinski definition) is 0. The molecule has 0 aliphatic heterocycles. The molecule has 0 saturated carbocycles. The normalized spacial score (nSPS) is 14.6. The molecule has 0 aliphatic rings. The van der Waals surface area contributed by atoms with Gasteiger partial charge in [0, 0.05) is 0 Å². The Hall–Kier alpha value is -0.530. The standard InChI is InChI=1S/C12H24O2/c1-8(2)10(5)12(6,7)11(13)14-9(3)4/h8-10H,1-7H3. The van der Waals surface area contributed by atoms with Crippen molar-refractivity contribution in [2.75, 3.05) is 0 Å². The van der Waals surface area contributed by atoms with E-state index in [1.165, 1.54) is 0 Å². The van der Waals surface area contributed by atoms with Gasteiger partial charge in [0.25, 0.3) is 0 Å². The molecule has 14 heavy (non-hydrogen) atoms. The minimum absolute atomic E-state index is 0.0267. The largest absolute Gasteiger partial charge is 0.463 e. The van der Waals surface area contributed by atoms with Gasteiger partial charge in [-0.15, -0.1) is 0 Å². The van der Waals surface area contributed by atoms with E-state index in [9.17, 15) is 4.79 Å². The minimum atomic E-state index is -0.390. The molecule has 1 atom stereocenters. The molecule has 1 unspecified atom stereocenters. The first-order valence-electron chi connectivity index (χ1n) is 5.40. The lowest BCUT2D eigenvalue weighted by atomic mass is 9.74. The van der Waals surface area contributed by atoms with Crippen molar-refractivity contribution in [2.24, 2.45) is 17.3 Å². The zero-order valence-corrected chi connectivity index (χ0v) is 10.5. The maximum absolute atomic E-state index is 11.8. The van der Waals surface area contributed by atoms with Gasteiger partial charge in [-0.05, 0) is 39.5 Å². The van der Waals surface area contributed by atoms with Crippen molar-refractivity contribution in [2.45, 2.75) is 54.6 Å². The molecule has 0 spiro atoms. The van der Waals surface area contributed by atoms with Crippen molar-refractivity contribution in [3.05, 3.63) is 0 Å². The average Bonchev–Trinajstić information content (AvgIpc) is 2.01. The Morgan fingerprint density at radius 3 is 1.79 bits per heavy atom. The van der Waals surface area contributed by atoms with Crippen molar-refractivity contribution in [1.82, 2.24) is 0 Å². The van der Waals surface area contributed by atoms with Gasteiger partial charge in [-0.3, -0.25) is 4.79 Å². The van der Waals surface area contributed by atoms with Crippen LogP contribution in [-0.2, 0) is 9.53 Å². The summed E-state index contributed by atoms with van der Waals surface area (Å²) in [5.41, 5.74) is -0.390. The maximum Gasteiger partial charge on any atom is 0.312 e. The second-order valence-corrected chi connectivity index (χ2v) is 5.21. The maximum atomic E-state index is 11.8. The van der Waals surface area contributed by atoms with Gasteiger partial charge in [-0.25, -0.2) is 0 Å². The molecular formula is C12H24O2. The lowest BCUT2D eigenvalue weighted by Crippen LogP contribution is -2.36. The highest BCUT2D eigenvalue weighted by Gasteiger charge is 2.37. The molecular weight excluding hydrogens is 176 g/mol. The lowest BCUT2D eigenvalue weighted by Gasteiger charge is -2.32. The molecule has 0 N–H and O–H groups in total. The first kappa shape index (κ1) is 13.5. The molecule has 0 fully saturated rings. The molecule has 0 aromatic carbocycles. The summed E-state index contributed by atoms with van der Waals surface area (Å²) in [7, 11) is 0. The van der Waals surface area contributed by atoms with Crippen LogP contribution < -0.4 is 0 Å².